The van der Waals surface area contributed by atoms with Gasteiger partial charge in [-0.2, -0.15) is 0 Å². The van der Waals surface area contributed by atoms with Gasteiger partial charge >= 0.3 is 5.97 Å². The number of thiophene rings is 1. The van der Waals surface area contributed by atoms with Crippen molar-refractivity contribution in [3.05, 3.63) is 68.0 Å². The summed E-state index contributed by atoms with van der Waals surface area (Å²) in [4.78, 5) is 42.6. The van der Waals surface area contributed by atoms with Gasteiger partial charge in [-0.1, -0.05) is 41.4 Å². The Hall–Kier alpha value is -2.35. The number of likely N-dealkylation sites (tertiary alicyclic amines) is 1. The first-order valence-electron chi connectivity index (χ1n) is 11.8. The van der Waals surface area contributed by atoms with Crippen LogP contribution in [-0.2, 0) is 32.2 Å². The molecule has 0 unspecified atom stereocenters. The second-order valence-corrected chi connectivity index (χ2v) is 10.8. The molecule has 2 atom stereocenters. The molecule has 9 heteroatoms. The lowest BCUT2D eigenvalue weighted by Gasteiger charge is -2.48. The molecule has 1 fully saturated rings. The molecular formula is C26H28Cl2N2O4S. The van der Waals surface area contributed by atoms with Gasteiger partial charge in [0.2, 0.25) is 11.8 Å². The first-order valence-corrected chi connectivity index (χ1v) is 13.4. The molecule has 1 N–H and O–H groups in total. The number of carbonyl (C=O) groups excluding carboxylic acids is 3. The molecule has 2 aliphatic rings. The second-order valence-electron chi connectivity index (χ2n) is 8.91. The van der Waals surface area contributed by atoms with E-state index in [0.29, 0.717) is 28.7 Å². The molecule has 0 radical (unpaired) electrons. The Bertz CT molecular complexity index is 1130. The highest BCUT2D eigenvalue weighted by atomic mass is 35.5. The molecule has 4 rings (SSSR count). The van der Waals surface area contributed by atoms with Crippen molar-refractivity contribution in [3.8, 4) is 0 Å². The van der Waals surface area contributed by atoms with E-state index in [1.807, 2.05) is 23.6 Å². The summed E-state index contributed by atoms with van der Waals surface area (Å²) >= 11 is 14.1. The number of ether oxygens (including phenoxy) is 1. The Balaban J connectivity index is 1.63. The topological polar surface area (TPSA) is 75.7 Å². The molecular weight excluding hydrogens is 507 g/mol. The first-order chi connectivity index (χ1) is 16.8. The predicted molar refractivity (Wildman–Crippen MR) is 137 cm³/mol. The Labute approximate surface area is 219 Å². The van der Waals surface area contributed by atoms with E-state index in [9.17, 15) is 14.4 Å². The quantitative estimate of drug-likeness (QED) is 0.439. The highest BCUT2D eigenvalue weighted by molar-refractivity contribution is 7.09. The van der Waals surface area contributed by atoms with Crippen molar-refractivity contribution in [1.82, 2.24) is 10.2 Å². The maximum absolute atomic E-state index is 13.7. The van der Waals surface area contributed by atoms with E-state index in [1.54, 1.807) is 41.4 Å². The van der Waals surface area contributed by atoms with Crippen molar-refractivity contribution in [1.29, 1.82) is 0 Å². The SMILES string of the molecule is CCOC(=O)[C@]12CCCC=C1N(Cc1ccc(Cl)cc1Cl)C(=O)[C@H](CC(=O)NCc1cccs1)C2. The number of piperidine rings is 1. The van der Waals surface area contributed by atoms with E-state index in [2.05, 4.69) is 5.32 Å². The number of fused-ring (bicyclic) bond motifs is 1. The van der Waals surface area contributed by atoms with Crippen LogP contribution in [0.2, 0.25) is 10.0 Å². The molecule has 0 saturated carbocycles. The number of allylic oxidation sites excluding steroid dienone is 1. The summed E-state index contributed by atoms with van der Waals surface area (Å²) in [6.07, 6.45) is 4.37. The van der Waals surface area contributed by atoms with Gasteiger partial charge in [-0.25, -0.2) is 0 Å². The average molecular weight is 535 g/mol. The molecule has 2 heterocycles. The molecule has 1 saturated heterocycles. The van der Waals surface area contributed by atoms with Crippen molar-refractivity contribution >= 4 is 52.3 Å². The van der Waals surface area contributed by atoms with E-state index >= 15 is 0 Å². The lowest BCUT2D eigenvalue weighted by Crippen LogP contribution is -2.54. The van der Waals surface area contributed by atoms with Gasteiger partial charge in [0.15, 0.2) is 0 Å². The van der Waals surface area contributed by atoms with E-state index in [1.165, 1.54) is 0 Å². The minimum absolute atomic E-state index is 0.00347. The molecule has 1 aromatic carbocycles. The molecule has 6 nitrogen and oxygen atoms in total. The van der Waals surface area contributed by atoms with Crippen molar-refractivity contribution in [2.75, 3.05) is 6.61 Å². The average Bonchev–Trinajstić information content (AvgIpc) is 3.35. The smallest absolute Gasteiger partial charge is 0.318 e. The van der Waals surface area contributed by atoms with Crippen LogP contribution in [0, 0.1) is 11.3 Å². The van der Waals surface area contributed by atoms with E-state index in [4.69, 9.17) is 27.9 Å². The monoisotopic (exact) mass is 534 g/mol. The Morgan fingerprint density at radius 2 is 2.11 bits per heavy atom. The maximum atomic E-state index is 13.7. The summed E-state index contributed by atoms with van der Waals surface area (Å²) < 4.78 is 5.50. The van der Waals surface area contributed by atoms with Gasteiger partial charge in [-0.05, 0) is 61.7 Å². The molecule has 1 aromatic heterocycles. The second kappa shape index (κ2) is 11.1. The highest BCUT2D eigenvalue weighted by Crippen LogP contribution is 2.50. The Morgan fingerprint density at radius 3 is 2.83 bits per heavy atom. The molecule has 2 aromatic rings. The minimum Gasteiger partial charge on any atom is -0.465 e. The normalized spacial score (nSPS) is 21.8. The Morgan fingerprint density at radius 1 is 1.29 bits per heavy atom. The summed E-state index contributed by atoms with van der Waals surface area (Å²) in [5, 5.41) is 5.80. The van der Waals surface area contributed by atoms with E-state index < -0.39 is 11.3 Å². The maximum Gasteiger partial charge on any atom is 0.318 e. The molecule has 2 amide bonds. The van der Waals surface area contributed by atoms with Crippen LogP contribution in [0.5, 0.6) is 0 Å². The Kier molecular flexibility index (Phi) is 8.19. The third-order valence-corrected chi connectivity index (χ3v) is 8.08. The zero-order valence-corrected chi connectivity index (χ0v) is 21.8. The van der Waals surface area contributed by atoms with E-state index in [-0.39, 0.29) is 43.8 Å². The zero-order valence-electron chi connectivity index (χ0n) is 19.5. The van der Waals surface area contributed by atoms with Crippen molar-refractivity contribution < 1.29 is 19.1 Å². The molecule has 0 bridgehead atoms. The molecule has 186 valence electrons. The van der Waals surface area contributed by atoms with Crippen molar-refractivity contribution in [2.45, 2.75) is 52.1 Å². The van der Waals surface area contributed by atoms with Crippen LogP contribution in [0.25, 0.3) is 0 Å². The number of benzene rings is 1. The fourth-order valence-electron chi connectivity index (χ4n) is 4.99. The van der Waals surface area contributed by atoms with Crippen LogP contribution in [-0.4, -0.2) is 29.3 Å². The number of hydrogen-bond acceptors (Lipinski definition) is 5. The minimum atomic E-state index is -0.959. The van der Waals surface area contributed by atoms with Crippen LogP contribution < -0.4 is 5.32 Å². The number of halogens is 2. The molecule has 35 heavy (non-hydrogen) atoms. The molecule has 1 aliphatic carbocycles. The highest BCUT2D eigenvalue weighted by Gasteiger charge is 2.54. The summed E-state index contributed by atoms with van der Waals surface area (Å²) in [6, 6.07) is 9.02. The summed E-state index contributed by atoms with van der Waals surface area (Å²) in [5.41, 5.74) is 0.421. The predicted octanol–water partition coefficient (Wildman–Crippen LogP) is 5.73. The number of nitrogens with zero attached hydrogens (tertiary/aromatic N) is 1. The van der Waals surface area contributed by atoms with Crippen LogP contribution in [0.1, 0.15) is 49.5 Å². The lowest BCUT2D eigenvalue weighted by molar-refractivity contribution is -0.162. The summed E-state index contributed by atoms with van der Waals surface area (Å²) in [7, 11) is 0. The number of amides is 2. The standard InChI is InChI=1S/C26H28Cl2N2O4S/c1-2-34-25(33)26-10-4-3-7-22(26)30(16-17-8-9-19(27)13-21(17)28)24(32)18(14-26)12-23(31)29-15-20-6-5-11-35-20/h5-9,11,13,18H,2-4,10,12,14-16H2,1H3,(H,29,31)/t18-,26+/m1/s1. The number of carbonyl (C=O) groups is 3. The largest absolute Gasteiger partial charge is 0.465 e. The van der Waals surface area contributed by atoms with Gasteiger partial charge in [0.1, 0.15) is 5.41 Å². The van der Waals surface area contributed by atoms with Crippen LogP contribution in [0.4, 0.5) is 0 Å². The van der Waals surface area contributed by atoms with E-state index in [0.717, 1.165) is 23.3 Å². The van der Waals surface area contributed by atoms with Crippen molar-refractivity contribution in [3.63, 3.8) is 0 Å². The van der Waals surface area contributed by atoms with Crippen LogP contribution >= 0.6 is 34.5 Å². The number of nitrogens with one attached hydrogen (secondary N) is 1. The first kappa shape index (κ1) is 25.7. The third-order valence-electron chi connectivity index (χ3n) is 6.62. The third kappa shape index (κ3) is 5.57. The van der Waals surface area contributed by atoms with Gasteiger partial charge in [-0.3, -0.25) is 14.4 Å². The van der Waals surface area contributed by atoms with Crippen LogP contribution in [0.3, 0.4) is 0 Å². The lowest BCUT2D eigenvalue weighted by atomic mass is 9.66. The summed E-state index contributed by atoms with van der Waals surface area (Å²) in [5.74, 6) is -1.39. The number of rotatable bonds is 8. The van der Waals surface area contributed by atoms with Gasteiger partial charge in [0, 0.05) is 33.0 Å². The molecule has 1 aliphatic heterocycles. The van der Waals surface area contributed by atoms with Gasteiger partial charge in [0.05, 0.1) is 19.7 Å². The zero-order chi connectivity index (χ0) is 25.0. The fourth-order valence-corrected chi connectivity index (χ4v) is 6.10. The van der Waals surface area contributed by atoms with Crippen LogP contribution in [0.15, 0.2) is 47.5 Å². The number of hydrogen-bond donors (Lipinski definition) is 1. The molecule has 0 spiro atoms. The van der Waals surface area contributed by atoms with Gasteiger partial charge in [-0.15, -0.1) is 11.3 Å². The van der Waals surface area contributed by atoms with Gasteiger partial charge < -0.3 is 15.0 Å². The fraction of sp³-hybridized carbons (Fsp3) is 0.423. The number of esters is 1. The van der Waals surface area contributed by atoms with Gasteiger partial charge in [0.25, 0.3) is 0 Å². The van der Waals surface area contributed by atoms with Crippen molar-refractivity contribution in [2.24, 2.45) is 11.3 Å². The summed E-state index contributed by atoms with van der Waals surface area (Å²) in [6.45, 7) is 2.62.